The van der Waals surface area contributed by atoms with E-state index >= 15 is 0 Å². The number of carbonyl (C=O) groups is 1. The summed E-state index contributed by atoms with van der Waals surface area (Å²) in [6.07, 6.45) is -0.478. The van der Waals surface area contributed by atoms with Gasteiger partial charge in [-0.25, -0.2) is 0 Å². The molecule has 4 N–H and O–H groups in total. The van der Waals surface area contributed by atoms with Crippen molar-refractivity contribution in [2.75, 3.05) is 24.6 Å². The maximum absolute atomic E-state index is 10.9. The molecule has 0 radical (unpaired) electrons. The molecule has 0 aliphatic carbocycles. The molecule has 0 spiro atoms. The first kappa shape index (κ1) is 11.7. The van der Waals surface area contributed by atoms with E-state index in [0.717, 1.165) is 5.75 Å². The average Bonchev–Trinajstić information content (AvgIpc) is 2.01. The molecule has 0 saturated carbocycles. The first-order valence-corrected chi connectivity index (χ1v) is 5.05. The van der Waals surface area contributed by atoms with Crippen LogP contribution in [0.1, 0.15) is 6.92 Å². The molecule has 0 aliphatic heterocycles. The van der Waals surface area contributed by atoms with E-state index in [2.05, 4.69) is 5.32 Å². The monoisotopic (exact) mass is 192 g/mol. The van der Waals surface area contributed by atoms with Crippen molar-refractivity contribution in [3.05, 3.63) is 0 Å². The molecule has 5 heteroatoms. The number of hydrogen-bond acceptors (Lipinski definition) is 4. The Kier molecular flexibility index (Phi) is 7.23. The van der Waals surface area contributed by atoms with Crippen LogP contribution >= 0.6 is 11.8 Å². The second-order valence-corrected chi connectivity index (χ2v) is 3.60. The highest BCUT2D eigenvalue weighted by atomic mass is 32.2. The molecule has 4 nitrogen and oxygen atoms in total. The summed E-state index contributed by atoms with van der Waals surface area (Å²) in [5.74, 6) is 1.17. The molecule has 0 aliphatic rings. The minimum Gasteiger partial charge on any atom is -0.392 e. The number of carbonyl (C=O) groups excluding carboxylic acids is 1. The topological polar surface area (TPSA) is 75.3 Å². The molecule has 12 heavy (non-hydrogen) atoms. The Balaban J connectivity index is 3.22. The minimum absolute atomic E-state index is 0.0469. The number of aliphatic hydroxyl groups excluding tert-OH is 1. The van der Waals surface area contributed by atoms with Crippen LogP contribution in [-0.2, 0) is 4.79 Å². The van der Waals surface area contributed by atoms with Crippen molar-refractivity contribution < 1.29 is 9.90 Å². The first-order valence-electron chi connectivity index (χ1n) is 3.89. The first-order chi connectivity index (χ1) is 5.66. The summed E-state index contributed by atoms with van der Waals surface area (Å²) in [7, 11) is 0. The summed E-state index contributed by atoms with van der Waals surface area (Å²) >= 11 is 1.49. The van der Waals surface area contributed by atoms with Gasteiger partial charge in [0.25, 0.3) is 0 Å². The van der Waals surface area contributed by atoms with Crippen molar-refractivity contribution in [2.45, 2.75) is 13.0 Å². The summed E-state index contributed by atoms with van der Waals surface area (Å²) in [6, 6.07) is 0. The third kappa shape index (κ3) is 7.84. The molecule has 72 valence electrons. The summed E-state index contributed by atoms with van der Waals surface area (Å²) in [4.78, 5) is 10.9. The lowest BCUT2D eigenvalue weighted by Crippen LogP contribution is -2.32. The Labute approximate surface area is 76.9 Å². The number of hydrogen-bond donors (Lipinski definition) is 3. The third-order valence-corrected chi connectivity index (χ3v) is 2.08. The minimum atomic E-state index is -0.478. The van der Waals surface area contributed by atoms with Crippen molar-refractivity contribution in [1.29, 1.82) is 0 Å². The number of thioether (sulfide) groups is 1. The van der Waals surface area contributed by atoms with E-state index < -0.39 is 6.10 Å². The van der Waals surface area contributed by atoms with Crippen LogP contribution in [0.2, 0.25) is 0 Å². The third-order valence-electron chi connectivity index (χ3n) is 1.09. The van der Waals surface area contributed by atoms with Gasteiger partial charge in [0.2, 0.25) is 5.91 Å². The Morgan fingerprint density at radius 1 is 1.75 bits per heavy atom. The van der Waals surface area contributed by atoms with E-state index in [1.807, 2.05) is 0 Å². The fraction of sp³-hybridized carbons (Fsp3) is 0.857. The Bertz CT molecular complexity index is 131. The van der Waals surface area contributed by atoms with E-state index in [1.165, 1.54) is 11.8 Å². The fourth-order valence-electron chi connectivity index (χ4n) is 0.561. The van der Waals surface area contributed by atoms with Crippen LogP contribution in [0.5, 0.6) is 0 Å². The van der Waals surface area contributed by atoms with Gasteiger partial charge in [-0.15, -0.1) is 0 Å². The van der Waals surface area contributed by atoms with E-state index in [0.29, 0.717) is 18.8 Å². The van der Waals surface area contributed by atoms with Crippen molar-refractivity contribution in [3.8, 4) is 0 Å². The van der Waals surface area contributed by atoms with Crippen LogP contribution < -0.4 is 11.1 Å². The number of rotatable bonds is 6. The van der Waals surface area contributed by atoms with Crippen LogP contribution in [0.3, 0.4) is 0 Å². The zero-order chi connectivity index (χ0) is 9.40. The molecule has 1 atom stereocenters. The van der Waals surface area contributed by atoms with Crippen molar-refractivity contribution in [2.24, 2.45) is 5.73 Å². The summed E-state index contributed by atoms with van der Waals surface area (Å²) in [5, 5.41) is 11.4. The predicted molar refractivity (Wildman–Crippen MR) is 51.1 cm³/mol. The highest BCUT2D eigenvalue weighted by Crippen LogP contribution is 1.96. The van der Waals surface area contributed by atoms with E-state index in [4.69, 9.17) is 10.8 Å². The second-order valence-electron chi connectivity index (χ2n) is 2.49. The molecule has 1 unspecified atom stereocenters. The molecule has 0 heterocycles. The number of nitrogens with one attached hydrogen (secondary N) is 1. The van der Waals surface area contributed by atoms with Crippen molar-refractivity contribution >= 4 is 17.7 Å². The van der Waals surface area contributed by atoms with Crippen molar-refractivity contribution in [3.63, 3.8) is 0 Å². The van der Waals surface area contributed by atoms with E-state index in [9.17, 15) is 4.79 Å². The van der Waals surface area contributed by atoms with Gasteiger partial charge in [0.1, 0.15) is 0 Å². The maximum atomic E-state index is 10.9. The zero-order valence-electron chi connectivity index (χ0n) is 7.25. The van der Waals surface area contributed by atoms with Gasteiger partial charge in [0.15, 0.2) is 0 Å². The molecule has 1 amide bonds. The van der Waals surface area contributed by atoms with Gasteiger partial charge in [0, 0.05) is 18.8 Å². The Morgan fingerprint density at radius 2 is 2.42 bits per heavy atom. The second kappa shape index (κ2) is 7.39. The molecule has 0 bridgehead atoms. The quantitative estimate of drug-likeness (QED) is 0.480. The Morgan fingerprint density at radius 3 is 2.92 bits per heavy atom. The lowest BCUT2D eigenvalue weighted by Gasteiger charge is -2.05. The van der Waals surface area contributed by atoms with Gasteiger partial charge < -0.3 is 16.2 Å². The van der Waals surface area contributed by atoms with Gasteiger partial charge in [-0.2, -0.15) is 11.8 Å². The zero-order valence-corrected chi connectivity index (χ0v) is 8.06. The summed E-state index contributed by atoms with van der Waals surface area (Å²) in [5.41, 5.74) is 5.24. The standard InChI is InChI=1S/C7H16N2O2S/c1-6(10)4-9-7(11)5-12-3-2-8/h6,10H,2-5,8H2,1H3,(H,9,11). The van der Waals surface area contributed by atoms with Crippen LogP contribution in [-0.4, -0.2) is 41.7 Å². The van der Waals surface area contributed by atoms with Crippen LogP contribution in [0.4, 0.5) is 0 Å². The molecule has 0 aromatic rings. The number of amides is 1. The number of nitrogens with two attached hydrogens (primary N) is 1. The highest BCUT2D eigenvalue weighted by molar-refractivity contribution is 7.99. The molecular formula is C7H16N2O2S. The van der Waals surface area contributed by atoms with Crippen LogP contribution in [0.25, 0.3) is 0 Å². The molecular weight excluding hydrogens is 176 g/mol. The number of aliphatic hydroxyl groups is 1. The smallest absolute Gasteiger partial charge is 0.230 e. The fourth-order valence-corrected chi connectivity index (χ4v) is 1.16. The van der Waals surface area contributed by atoms with Gasteiger partial charge in [-0.1, -0.05) is 0 Å². The SMILES string of the molecule is CC(O)CNC(=O)CSCCN. The molecule has 0 saturated heterocycles. The molecule has 0 rings (SSSR count). The molecule has 0 aromatic heterocycles. The summed E-state index contributed by atoms with van der Waals surface area (Å²) in [6.45, 7) is 2.55. The molecule has 0 aromatic carbocycles. The van der Waals surface area contributed by atoms with Crippen molar-refractivity contribution in [1.82, 2.24) is 5.32 Å². The highest BCUT2D eigenvalue weighted by Gasteiger charge is 2.01. The van der Waals surface area contributed by atoms with Gasteiger partial charge >= 0.3 is 0 Å². The largest absolute Gasteiger partial charge is 0.392 e. The summed E-state index contributed by atoms with van der Waals surface area (Å²) < 4.78 is 0. The van der Waals surface area contributed by atoms with E-state index in [-0.39, 0.29) is 5.91 Å². The predicted octanol–water partition coefficient (Wildman–Crippen LogP) is -0.825. The van der Waals surface area contributed by atoms with Gasteiger partial charge in [-0.05, 0) is 6.92 Å². The lowest BCUT2D eigenvalue weighted by molar-refractivity contribution is -0.118. The average molecular weight is 192 g/mol. The molecule has 0 fully saturated rings. The van der Waals surface area contributed by atoms with Gasteiger partial charge in [-0.3, -0.25) is 4.79 Å². The van der Waals surface area contributed by atoms with Crippen LogP contribution in [0, 0.1) is 0 Å². The van der Waals surface area contributed by atoms with Gasteiger partial charge in [0.05, 0.1) is 11.9 Å². The Hall–Kier alpha value is -0.260. The normalized spacial score (nSPS) is 12.6. The maximum Gasteiger partial charge on any atom is 0.230 e. The van der Waals surface area contributed by atoms with Crippen LogP contribution in [0.15, 0.2) is 0 Å². The lowest BCUT2D eigenvalue weighted by atomic mass is 10.4. The van der Waals surface area contributed by atoms with E-state index in [1.54, 1.807) is 6.92 Å².